The molecule has 1 rings (SSSR count). The van der Waals surface area contributed by atoms with E-state index in [0.29, 0.717) is 12.8 Å². The van der Waals surface area contributed by atoms with Gasteiger partial charge < -0.3 is 30.2 Å². The molecule has 37 heavy (non-hydrogen) atoms. The van der Waals surface area contributed by atoms with Crippen LogP contribution < -0.4 is 20.7 Å². The lowest BCUT2D eigenvalue weighted by Crippen LogP contribution is -2.43. The maximum Gasteiger partial charge on any atom is 0.222 e. The van der Waals surface area contributed by atoms with Gasteiger partial charge in [0.05, 0.1) is 31.7 Å². The van der Waals surface area contributed by atoms with E-state index in [1.54, 1.807) is 21.1 Å². The molecule has 9 nitrogen and oxygen atoms in total. The van der Waals surface area contributed by atoms with Crippen molar-refractivity contribution in [3.63, 3.8) is 0 Å². The number of hydrogen-bond acceptors (Lipinski definition) is 7. The summed E-state index contributed by atoms with van der Waals surface area (Å²) in [6.07, 6.45) is 1.59. The highest BCUT2D eigenvalue weighted by atomic mass is 16.5. The Hall–Kier alpha value is -2.78. The molecule has 208 valence electrons. The van der Waals surface area contributed by atoms with E-state index in [9.17, 15) is 19.2 Å². The van der Waals surface area contributed by atoms with Crippen LogP contribution in [0.3, 0.4) is 0 Å². The standard InChI is InChI=1S/C28H45N3O6/c1-18(2)23(12-13-27(34)31-25(16-32)19(3)4)30-28(35)14-20(5)37-17-26(33)24(29-6)15-21-8-10-22(36-7)11-9-21/h8-11,16,18-20,23-25,29H,12-15,17H2,1-7H3,(H,30,35)(H,31,34)/t20?,23-,24?,25?/m0/s1. The van der Waals surface area contributed by atoms with Crippen molar-refractivity contribution < 1.29 is 28.7 Å². The monoisotopic (exact) mass is 519 g/mol. The van der Waals surface area contributed by atoms with Gasteiger partial charge in [-0.05, 0) is 56.3 Å². The molecule has 0 aliphatic rings. The van der Waals surface area contributed by atoms with Crippen molar-refractivity contribution in [1.82, 2.24) is 16.0 Å². The third kappa shape index (κ3) is 12.3. The highest BCUT2D eigenvalue weighted by Gasteiger charge is 2.22. The zero-order chi connectivity index (χ0) is 28.0. The molecule has 0 saturated heterocycles. The fourth-order valence-electron chi connectivity index (χ4n) is 3.76. The molecule has 0 aromatic heterocycles. The molecule has 0 aliphatic carbocycles. The minimum Gasteiger partial charge on any atom is -0.497 e. The molecule has 4 atom stereocenters. The van der Waals surface area contributed by atoms with Crippen LogP contribution in [0.5, 0.6) is 5.75 Å². The molecule has 2 amide bonds. The van der Waals surface area contributed by atoms with Crippen molar-refractivity contribution in [2.24, 2.45) is 11.8 Å². The number of carbonyl (C=O) groups is 4. The fraction of sp³-hybridized carbons (Fsp3) is 0.643. The largest absolute Gasteiger partial charge is 0.497 e. The van der Waals surface area contributed by atoms with Crippen LogP contribution in [-0.4, -0.2) is 68.9 Å². The topological polar surface area (TPSA) is 123 Å². The van der Waals surface area contributed by atoms with Gasteiger partial charge in [0.25, 0.3) is 0 Å². The Labute approximate surface area is 221 Å². The van der Waals surface area contributed by atoms with Crippen molar-refractivity contribution in [3.8, 4) is 5.75 Å². The number of nitrogens with one attached hydrogen (secondary N) is 3. The van der Waals surface area contributed by atoms with Crippen LogP contribution in [0.4, 0.5) is 0 Å². The number of carbonyl (C=O) groups excluding carboxylic acids is 4. The summed E-state index contributed by atoms with van der Waals surface area (Å²) in [5.74, 6) is 0.390. The Kier molecular flexibility index (Phi) is 14.7. The lowest BCUT2D eigenvalue weighted by Gasteiger charge is -2.24. The van der Waals surface area contributed by atoms with Gasteiger partial charge >= 0.3 is 0 Å². The normalized spacial score (nSPS) is 14.5. The summed E-state index contributed by atoms with van der Waals surface area (Å²) in [5, 5.41) is 8.74. The van der Waals surface area contributed by atoms with Gasteiger partial charge in [0.2, 0.25) is 11.8 Å². The third-order valence-corrected chi connectivity index (χ3v) is 6.34. The van der Waals surface area contributed by atoms with Crippen molar-refractivity contribution in [1.29, 1.82) is 0 Å². The molecular weight excluding hydrogens is 474 g/mol. The fourth-order valence-corrected chi connectivity index (χ4v) is 3.76. The summed E-state index contributed by atoms with van der Waals surface area (Å²) in [7, 11) is 3.34. The summed E-state index contributed by atoms with van der Waals surface area (Å²) in [5.41, 5.74) is 1.00. The third-order valence-electron chi connectivity index (χ3n) is 6.34. The Morgan fingerprint density at radius 3 is 2.11 bits per heavy atom. The molecule has 3 N–H and O–H groups in total. The van der Waals surface area contributed by atoms with Crippen molar-refractivity contribution in [2.75, 3.05) is 20.8 Å². The Morgan fingerprint density at radius 2 is 1.59 bits per heavy atom. The SMILES string of the molecule is CNC(Cc1ccc(OC)cc1)C(=O)COC(C)CC(=O)N[C@@H](CCC(=O)NC(C=O)C(C)C)C(C)C. The lowest BCUT2D eigenvalue weighted by molar-refractivity contribution is -0.131. The van der Waals surface area contributed by atoms with Crippen molar-refractivity contribution in [3.05, 3.63) is 29.8 Å². The maximum atomic E-state index is 12.7. The second-order valence-corrected chi connectivity index (χ2v) is 10.1. The highest BCUT2D eigenvalue weighted by Crippen LogP contribution is 2.14. The van der Waals surface area contributed by atoms with Crippen LogP contribution in [0, 0.1) is 11.8 Å². The first-order valence-corrected chi connectivity index (χ1v) is 13.0. The van der Waals surface area contributed by atoms with Crippen LogP contribution in [-0.2, 0) is 30.3 Å². The van der Waals surface area contributed by atoms with E-state index in [4.69, 9.17) is 9.47 Å². The molecule has 0 radical (unpaired) electrons. The molecule has 0 aliphatic heterocycles. The van der Waals surface area contributed by atoms with Gasteiger partial charge in [-0.3, -0.25) is 14.4 Å². The first-order valence-electron chi connectivity index (χ1n) is 13.0. The average molecular weight is 520 g/mol. The average Bonchev–Trinajstić information content (AvgIpc) is 2.86. The second kappa shape index (κ2) is 16.9. The van der Waals surface area contributed by atoms with E-state index < -0.39 is 18.2 Å². The van der Waals surface area contributed by atoms with Crippen molar-refractivity contribution in [2.45, 2.75) is 84.5 Å². The van der Waals surface area contributed by atoms with E-state index in [2.05, 4.69) is 16.0 Å². The maximum absolute atomic E-state index is 12.7. The molecule has 0 saturated carbocycles. The predicted molar refractivity (Wildman–Crippen MR) is 143 cm³/mol. The number of Topliss-reactive ketones (excluding diaryl/α,β-unsaturated/α-hetero) is 1. The van der Waals surface area contributed by atoms with Crippen LogP contribution in [0.25, 0.3) is 0 Å². The first-order chi connectivity index (χ1) is 17.5. The van der Waals surface area contributed by atoms with Crippen LogP contribution in [0.2, 0.25) is 0 Å². The smallest absolute Gasteiger partial charge is 0.222 e. The number of ether oxygens (including phenoxy) is 2. The minimum absolute atomic E-state index is 0.0150. The van der Waals surface area contributed by atoms with Gasteiger partial charge in [0.1, 0.15) is 18.6 Å². The summed E-state index contributed by atoms with van der Waals surface area (Å²) in [6, 6.07) is 6.44. The van der Waals surface area contributed by atoms with E-state index in [0.717, 1.165) is 17.6 Å². The quantitative estimate of drug-likeness (QED) is 0.255. The van der Waals surface area contributed by atoms with Crippen LogP contribution >= 0.6 is 0 Å². The second-order valence-electron chi connectivity index (χ2n) is 10.1. The summed E-state index contributed by atoms with van der Waals surface area (Å²) in [4.78, 5) is 48.6. The highest BCUT2D eigenvalue weighted by molar-refractivity contribution is 5.85. The summed E-state index contributed by atoms with van der Waals surface area (Å²) >= 11 is 0. The van der Waals surface area contributed by atoms with Crippen LogP contribution in [0.15, 0.2) is 24.3 Å². The molecule has 1 aromatic carbocycles. The number of aldehydes is 1. The molecular formula is C28H45N3O6. The number of methoxy groups -OCH3 is 1. The number of ketones is 1. The van der Waals surface area contributed by atoms with Gasteiger partial charge in [0, 0.05) is 12.5 Å². The van der Waals surface area contributed by atoms with E-state index >= 15 is 0 Å². The zero-order valence-corrected chi connectivity index (χ0v) is 23.3. The number of hydrogen-bond donors (Lipinski definition) is 3. The number of amides is 2. The molecule has 0 bridgehead atoms. The van der Waals surface area contributed by atoms with Gasteiger partial charge in [-0.25, -0.2) is 0 Å². The summed E-state index contributed by atoms with van der Waals surface area (Å²) in [6.45, 7) is 9.35. The van der Waals surface area contributed by atoms with Gasteiger partial charge in [-0.2, -0.15) is 0 Å². The summed E-state index contributed by atoms with van der Waals surface area (Å²) < 4.78 is 10.8. The van der Waals surface area contributed by atoms with Gasteiger partial charge in [-0.15, -0.1) is 0 Å². The van der Waals surface area contributed by atoms with Crippen molar-refractivity contribution >= 4 is 23.9 Å². The molecule has 3 unspecified atom stereocenters. The predicted octanol–water partition coefficient (Wildman–Crippen LogP) is 2.45. The zero-order valence-electron chi connectivity index (χ0n) is 23.3. The number of likely N-dealkylation sites (N-methyl/N-ethyl adjacent to an activating group) is 1. The van der Waals surface area contributed by atoms with E-state index in [1.807, 2.05) is 52.0 Å². The molecule has 0 spiro atoms. The molecule has 1 aromatic rings. The van der Waals surface area contributed by atoms with Gasteiger partial charge in [-0.1, -0.05) is 39.8 Å². The Balaban J connectivity index is 2.49. The minimum atomic E-state index is -0.515. The molecule has 9 heteroatoms. The lowest BCUT2D eigenvalue weighted by atomic mass is 9.98. The first kappa shape index (κ1) is 32.2. The number of rotatable bonds is 18. The number of benzene rings is 1. The molecule has 0 fully saturated rings. The van der Waals surface area contributed by atoms with Gasteiger partial charge in [0.15, 0.2) is 5.78 Å². The van der Waals surface area contributed by atoms with E-state index in [1.165, 1.54) is 0 Å². The van der Waals surface area contributed by atoms with E-state index in [-0.39, 0.29) is 54.9 Å². The Bertz CT molecular complexity index is 856. The Morgan fingerprint density at radius 1 is 0.946 bits per heavy atom. The van der Waals surface area contributed by atoms with Crippen LogP contribution in [0.1, 0.15) is 59.4 Å². The molecule has 0 heterocycles.